The molecular weight excluding hydrogens is 378 g/mol. The molecule has 0 spiro atoms. The Morgan fingerprint density at radius 3 is 2.89 bits per heavy atom. The van der Waals surface area contributed by atoms with Crippen LogP contribution in [0.25, 0.3) is 5.65 Å². The molecule has 8 nitrogen and oxygen atoms in total. The molecule has 0 aliphatic carbocycles. The topological polar surface area (TPSA) is 88.8 Å². The number of anilines is 1. The Kier molecular flexibility index (Phi) is 5.21. The fourth-order valence-corrected chi connectivity index (χ4v) is 4.12. The number of amides is 1. The number of aromatic nitrogens is 3. The van der Waals surface area contributed by atoms with Gasteiger partial charge in [0.1, 0.15) is 11.2 Å². The predicted octanol–water partition coefficient (Wildman–Crippen LogP) is 2.01. The van der Waals surface area contributed by atoms with Crippen LogP contribution in [0.4, 0.5) is 5.13 Å². The first kappa shape index (κ1) is 18.7. The first-order valence-corrected chi connectivity index (χ1v) is 9.97. The van der Waals surface area contributed by atoms with Gasteiger partial charge in [0, 0.05) is 37.4 Å². The number of carbonyl (C=O) groups is 1. The molecule has 1 aliphatic heterocycles. The second kappa shape index (κ2) is 7.78. The summed E-state index contributed by atoms with van der Waals surface area (Å²) in [6.45, 7) is 6.52. The number of nitrogens with zero attached hydrogens (tertiary/aromatic N) is 4. The largest absolute Gasteiger partial charge is 0.373 e. The number of nitrogens with one attached hydrogen (secondary N) is 1. The zero-order valence-corrected chi connectivity index (χ0v) is 16.5. The second-order valence-corrected chi connectivity index (χ2v) is 7.81. The van der Waals surface area contributed by atoms with Crippen LogP contribution in [0.1, 0.15) is 29.9 Å². The number of pyridine rings is 1. The maximum atomic E-state index is 12.5. The average molecular weight is 399 g/mol. The first-order chi connectivity index (χ1) is 13.5. The van der Waals surface area contributed by atoms with Gasteiger partial charge in [0.05, 0.1) is 17.9 Å². The number of ether oxygens (including phenoxy) is 1. The van der Waals surface area contributed by atoms with Crippen molar-refractivity contribution in [2.45, 2.75) is 32.6 Å². The summed E-state index contributed by atoms with van der Waals surface area (Å²) in [6.07, 6.45) is 3.27. The predicted molar refractivity (Wildman–Crippen MR) is 107 cm³/mol. The number of morpholine rings is 1. The molecule has 4 heterocycles. The quantitative estimate of drug-likeness (QED) is 0.722. The lowest BCUT2D eigenvalue weighted by atomic mass is 10.2. The van der Waals surface area contributed by atoms with E-state index in [9.17, 15) is 9.59 Å². The van der Waals surface area contributed by atoms with Crippen molar-refractivity contribution in [3.8, 4) is 0 Å². The Hall–Kier alpha value is -2.62. The fraction of sp³-hybridized carbons (Fsp3) is 0.368. The average Bonchev–Trinajstić information content (AvgIpc) is 3.08. The van der Waals surface area contributed by atoms with Crippen LogP contribution in [0, 0.1) is 0 Å². The highest BCUT2D eigenvalue weighted by Gasteiger charge is 2.23. The molecule has 1 amide bonds. The smallest absolute Gasteiger partial charge is 0.270 e. The monoisotopic (exact) mass is 399 g/mol. The third-order valence-corrected chi connectivity index (χ3v) is 5.32. The summed E-state index contributed by atoms with van der Waals surface area (Å²) in [7, 11) is 0. The number of rotatable bonds is 4. The molecule has 28 heavy (non-hydrogen) atoms. The number of hydrogen-bond donors (Lipinski definition) is 1. The third-order valence-electron chi connectivity index (χ3n) is 4.51. The van der Waals surface area contributed by atoms with Crippen LogP contribution >= 0.6 is 11.3 Å². The van der Waals surface area contributed by atoms with E-state index in [1.54, 1.807) is 24.4 Å². The maximum absolute atomic E-state index is 12.5. The van der Waals surface area contributed by atoms with Gasteiger partial charge in [0.25, 0.3) is 11.5 Å². The normalized spacial score (nSPS) is 20.4. The second-order valence-electron chi connectivity index (χ2n) is 6.96. The highest BCUT2D eigenvalue weighted by molar-refractivity contribution is 7.13. The minimum atomic E-state index is -0.509. The van der Waals surface area contributed by atoms with Gasteiger partial charge in [-0.1, -0.05) is 6.07 Å². The Bertz CT molecular complexity index is 1050. The van der Waals surface area contributed by atoms with Gasteiger partial charge >= 0.3 is 0 Å². The van der Waals surface area contributed by atoms with Gasteiger partial charge in [-0.05, 0) is 26.0 Å². The summed E-state index contributed by atoms with van der Waals surface area (Å²) in [6, 6.07) is 5.22. The molecule has 3 aromatic rings. The SMILES string of the molecule is C[C@@H]1CN(Cc2csc(NC(=O)c3cnc4ccccn4c3=O)n2)C[C@H](C)O1. The summed E-state index contributed by atoms with van der Waals surface area (Å²) in [5.74, 6) is -0.509. The van der Waals surface area contributed by atoms with Gasteiger partial charge in [-0.25, -0.2) is 9.97 Å². The third kappa shape index (κ3) is 3.96. The summed E-state index contributed by atoms with van der Waals surface area (Å²) < 4.78 is 7.10. The Balaban J connectivity index is 1.46. The van der Waals surface area contributed by atoms with Crippen molar-refractivity contribution >= 4 is 28.0 Å². The number of hydrogen-bond acceptors (Lipinski definition) is 7. The van der Waals surface area contributed by atoms with Crippen LogP contribution in [0.3, 0.4) is 0 Å². The van der Waals surface area contributed by atoms with E-state index in [1.165, 1.54) is 21.9 Å². The lowest BCUT2D eigenvalue weighted by Crippen LogP contribution is -2.44. The van der Waals surface area contributed by atoms with Crippen LogP contribution in [-0.2, 0) is 11.3 Å². The van der Waals surface area contributed by atoms with Crippen molar-refractivity contribution in [2.75, 3.05) is 18.4 Å². The van der Waals surface area contributed by atoms with Crippen molar-refractivity contribution < 1.29 is 9.53 Å². The Morgan fingerprint density at radius 1 is 1.32 bits per heavy atom. The van der Waals surface area contributed by atoms with Crippen molar-refractivity contribution in [3.63, 3.8) is 0 Å². The van der Waals surface area contributed by atoms with Gasteiger partial charge in [0.2, 0.25) is 0 Å². The van der Waals surface area contributed by atoms with E-state index in [2.05, 4.69) is 34.0 Å². The molecule has 3 aromatic heterocycles. The van der Waals surface area contributed by atoms with Crippen LogP contribution in [-0.4, -0.2) is 50.5 Å². The maximum Gasteiger partial charge on any atom is 0.270 e. The molecule has 2 atom stereocenters. The lowest BCUT2D eigenvalue weighted by Gasteiger charge is -2.34. The van der Waals surface area contributed by atoms with Gasteiger partial charge in [-0.2, -0.15) is 0 Å². The summed E-state index contributed by atoms with van der Waals surface area (Å²) in [5, 5.41) is 5.10. The van der Waals surface area contributed by atoms with E-state index in [1.807, 2.05) is 5.38 Å². The molecule has 4 rings (SSSR count). The van der Waals surface area contributed by atoms with Gasteiger partial charge in [-0.3, -0.25) is 24.2 Å². The van der Waals surface area contributed by atoms with Crippen LogP contribution in [0.2, 0.25) is 0 Å². The molecule has 0 radical (unpaired) electrons. The molecule has 1 fully saturated rings. The van der Waals surface area contributed by atoms with E-state index in [0.717, 1.165) is 18.8 Å². The van der Waals surface area contributed by atoms with Crippen LogP contribution in [0.15, 0.2) is 40.8 Å². The van der Waals surface area contributed by atoms with E-state index < -0.39 is 11.5 Å². The highest BCUT2D eigenvalue weighted by Crippen LogP contribution is 2.19. The number of fused-ring (bicyclic) bond motifs is 1. The van der Waals surface area contributed by atoms with Gasteiger partial charge < -0.3 is 4.74 Å². The van der Waals surface area contributed by atoms with Crippen LogP contribution < -0.4 is 10.9 Å². The zero-order valence-electron chi connectivity index (χ0n) is 15.7. The zero-order chi connectivity index (χ0) is 19.7. The first-order valence-electron chi connectivity index (χ1n) is 9.09. The molecule has 9 heteroatoms. The molecule has 0 saturated carbocycles. The van der Waals surface area contributed by atoms with Crippen molar-refractivity contribution in [2.24, 2.45) is 0 Å². The fourth-order valence-electron chi connectivity index (χ4n) is 3.43. The Labute approximate surface area is 165 Å². The minimum Gasteiger partial charge on any atom is -0.373 e. The molecule has 1 N–H and O–H groups in total. The van der Waals surface area contributed by atoms with Crippen molar-refractivity contribution in [1.82, 2.24) is 19.3 Å². The lowest BCUT2D eigenvalue weighted by molar-refractivity contribution is -0.0707. The summed E-state index contributed by atoms with van der Waals surface area (Å²) in [4.78, 5) is 36.0. The molecule has 1 aliphatic rings. The van der Waals surface area contributed by atoms with E-state index in [0.29, 0.717) is 17.3 Å². The summed E-state index contributed by atoms with van der Waals surface area (Å²) >= 11 is 1.34. The Morgan fingerprint density at radius 2 is 2.11 bits per heavy atom. The molecule has 146 valence electrons. The van der Waals surface area contributed by atoms with E-state index >= 15 is 0 Å². The summed E-state index contributed by atoms with van der Waals surface area (Å²) in [5.41, 5.74) is 0.956. The molecule has 1 saturated heterocycles. The highest BCUT2D eigenvalue weighted by atomic mass is 32.1. The minimum absolute atomic E-state index is 0.0173. The van der Waals surface area contributed by atoms with Crippen LogP contribution in [0.5, 0.6) is 0 Å². The molecule has 0 aromatic carbocycles. The van der Waals surface area contributed by atoms with Crippen molar-refractivity contribution in [1.29, 1.82) is 0 Å². The molecule has 0 unspecified atom stereocenters. The van der Waals surface area contributed by atoms with E-state index in [4.69, 9.17) is 4.74 Å². The standard InChI is InChI=1S/C19H21N5O3S/c1-12-8-23(9-13(2)27-12)10-14-11-28-19(21-14)22-17(25)15-7-20-16-5-3-4-6-24(16)18(15)26/h3-7,11-13H,8-10H2,1-2H3,(H,21,22,25)/t12-,13+. The van der Waals surface area contributed by atoms with Crippen molar-refractivity contribution in [3.05, 3.63) is 57.6 Å². The molecular formula is C19H21N5O3S. The van der Waals surface area contributed by atoms with Gasteiger partial charge in [0.15, 0.2) is 5.13 Å². The number of thiazole rings is 1. The molecule has 0 bridgehead atoms. The number of carbonyl (C=O) groups excluding carboxylic acids is 1. The van der Waals surface area contributed by atoms with Gasteiger partial charge in [-0.15, -0.1) is 11.3 Å². The van der Waals surface area contributed by atoms with E-state index in [-0.39, 0.29) is 17.8 Å².